The number of aromatic hydroxyl groups is 1. The first-order valence-corrected chi connectivity index (χ1v) is 11.6. The van der Waals surface area contributed by atoms with E-state index in [-0.39, 0.29) is 18.1 Å². The molecule has 0 spiro atoms. The van der Waals surface area contributed by atoms with Gasteiger partial charge in [-0.1, -0.05) is 72.8 Å². The number of nitrogens with zero attached hydrogens (tertiary/aromatic N) is 1. The van der Waals surface area contributed by atoms with Gasteiger partial charge in [-0.2, -0.15) is 0 Å². The third-order valence-corrected chi connectivity index (χ3v) is 6.31. The predicted octanol–water partition coefficient (Wildman–Crippen LogP) is 6.30. The van der Waals surface area contributed by atoms with Gasteiger partial charge >= 0.3 is 0 Å². The van der Waals surface area contributed by atoms with Crippen molar-refractivity contribution in [3.05, 3.63) is 114 Å². The Bertz CT molecular complexity index is 1650. The number of nitrogens with one attached hydrogen (secondary N) is 2. The van der Waals surface area contributed by atoms with E-state index in [1.54, 1.807) is 12.1 Å². The van der Waals surface area contributed by atoms with E-state index in [0.29, 0.717) is 12.2 Å². The van der Waals surface area contributed by atoms with Crippen molar-refractivity contribution < 1.29 is 9.90 Å². The first kappa shape index (κ1) is 20.9. The summed E-state index contributed by atoms with van der Waals surface area (Å²) in [4.78, 5) is 21.4. The first-order valence-electron chi connectivity index (χ1n) is 11.6. The SMILES string of the molecule is O=C(Cc1ccc2ccccc2c1)Nc1nc2cc3cc(O)ccc3c-2[nH]c1Cc1ccccc1. The van der Waals surface area contributed by atoms with Gasteiger partial charge in [0.1, 0.15) is 5.75 Å². The zero-order valence-electron chi connectivity index (χ0n) is 19.0. The van der Waals surface area contributed by atoms with Crippen LogP contribution in [0.15, 0.2) is 97.1 Å². The van der Waals surface area contributed by atoms with Crippen LogP contribution in [-0.4, -0.2) is 21.0 Å². The summed E-state index contributed by atoms with van der Waals surface area (Å²) in [5.74, 6) is 0.608. The van der Waals surface area contributed by atoms with E-state index in [4.69, 9.17) is 4.98 Å². The fourth-order valence-electron chi connectivity index (χ4n) is 4.61. The number of carbonyl (C=O) groups excluding carboxylic acids is 1. The number of aromatic nitrogens is 2. The van der Waals surface area contributed by atoms with Crippen LogP contribution in [0.5, 0.6) is 5.75 Å². The molecule has 1 heterocycles. The van der Waals surface area contributed by atoms with E-state index in [2.05, 4.69) is 40.6 Å². The third-order valence-electron chi connectivity index (χ3n) is 6.31. The van der Waals surface area contributed by atoms with E-state index in [0.717, 1.165) is 49.8 Å². The Hall–Kier alpha value is -4.64. The summed E-state index contributed by atoms with van der Waals surface area (Å²) in [5.41, 5.74) is 4.52. The Labute approximate surface area is 202 Å². The number of H-pyrrole nitrogens is 1. The van der Waals surface area contributed by atoms with Gasteiger partial charge in [0.05, 0.1) is 23.5 Å². The Morgan fingerprint density at radius 2 is 1.60 bits per heavy atom. The average molecular weight is 458 g/mol. The van der Waals surface area contributed by atoms with Crippen LogP contribution in [0.4, 0.5) is 5.82 Å². The van der Waals surface area contributed by atoms with Crippen LogP contribution in [0, 0.1) is 0 Å². The van der Waals surface area contributed by atoms with Crippen molar-refractivity contribution in [2.75, 3.05) is 5.32 Å². The van der Waals surface area contributed by atoms with Crippen LogP contribution >= 0.6 is 0 Å². The Balaban J connectivity index is 1.36. The fraction of sp³-hybridized carbons (Fsp3) is 0.0667. The molecule has 0 bridgehead atoms. The minimum absolute atomic E-state index is 0.122. The maximum atomic E-state index is 13.1. The topological polar surface area (TPSA) is 78.0 Å². The lowest BCUT2D eigenvalue weighted by Gasteiger charge is -2.14. The molecular weight excluding hydrogens is 434 g/mol. The maximum absolute atomic E-state index is 13.1. The highest BCUT2D eigenvalue weighted by atomic mass is 16.3. The fourth-order valence-corrected chi connectivity index (χ4v) is 4.61. The Morgan fingerprint density at radius 3 is 2.46 bits per heavy atom. The summed E-state index contributed by atoms with van der Waals surface area (Å²) >= 11 is 0. The lowest BCUT2D eigenvalue weighted by Crippen LogP contribution is -2.18. The molecule has 4 aromatic rings. The van der Waals surface area contributed by atoms with E-state index in [1.807, 2.05) is 54.6 Å². The Kier molecular flexibility index (Phi) is 5.15. The van der Waals surface area contributed by atoms with Crippen LogP contribution in [0.25, 0.3) is 32.9 Å². The van der Waals surface area contributed by atoms with Gasteiger partial charge in [0.2, 0.25) is 5.91 Å². The monoisotopic (exact) mass is 457 g/mol. The Morgan fingerprint density at radius 1 is 0.800 bits per heavy atom. The molecule has 0 saturated heterocycles. The third kappa shape index (κ3) is 4.20. The molecule has 170 valence electrons. The van der Waals surface area contributed by atoms with Crippen molar-refractivity contribution in [1.29, 1.82) is 0 Å². The van der Waals surface area contributed by atoms with Gasteiger partial charge in [0.25, 0.3) is 0 Å². The molecule has 0 atom stereocenters. The molecule has 5 nitrogen and oxygen atoms in total. The molecule has 0 unspecified atom stereocenters. The highest BCUT2D eigenvalue weighted by molar-refractivity contribution is 6.01. The summed E-state index contributed by atoms with van der Waals surface area (Å²) in [6.07, 6.45) is 0.853. The number of anilines is 1. The summed E-state index contributed by atoms with van der Waals surface area (Å²) < 4.78 is 0. The number of hydrogen-bond donors (Lipinski definition) is 3. The van der Waals surface area contributed by atoms with E-state index in [1.165, 1.54) is 0 Å². The van der Waals surface area contributed by atoms with Crippen molar-refractivity contribution in [2.45, 2.75) is 12.8 Å². The molecule has 0 aromatic heterocycles. The molecular formula is C30H23N3O2. The number of fused-ring (bicyclic) bond motifs is 4. The molecule has 2 aliphatic rings. The van der Waals surface area contributed by atoms with Gasteiger partial charge < -0.3 is 15.4 Å². The molecule has 5 heteroatoms. The van der Waals surface area contributed by atoms with Crippen LogP contribution in [0.2, 0.25) is 0 Å². The quantitative estimate of drug-likeness (QED) is 0.284. The van der Waals surface area contributed by atoms with Crippen molar-refractivity contribution in [3.8, 4) is 17.1 Å². The molecule has 1 amide bonds. The second kappa shape index (κ2) is 8.61. The number of phenolic OH excluding ortho intramolecular Hbond substituents is 1. The van der Waals surface area contributed by atoms with Crippen molar-refractivity contribution in [1.82, 2.24) is 9.97 Å². The van der Waals surface area contributed by atoms with Gasteiger partial charge in [-0.3, -0.25) is 4.79 Å². The first-order chi connectivity index (χ1) is 17.1. The van der Waals surface area contributed by atoms with Crippen LogP contribution < -0.4 is 5.32 Å². The van der Waals surface area contributed by atoms with Gasteiger partial charge in [-0.05, 0) is 51.6 Å². The lowest BCUT2D eigenvalue weighted by atomic mass is 10.0. The van der Waals surface area contributed by atoms with Gasteiger partial charge in [0, 0.05) is 11.8 Å². The molecule has 0 saturated carbocycles. The molecule has 4 aromatic carbocycles. The standard InChI is InChI=1S/C30H23N3O2/c34-24-12-13-25-23(17-24)18-26-29(25)31-27(15-19-6-2-1-3-7-19)30(32-26)33-28(35)16-20-10-11-21-8-4-5-9-22(21)14-20/h1-14,17-18,31,34H,15-16H2,(H,33,35). The molecule has 1 aliphatic carbocycles. The van der Waals surface area contributed by atoms with Crippen LogP contribution in [0.3, 0.4) is 0 Å². The minimum Gasteiger partial charge on any atom is -0.508 e. The zero-order chi connectivity index (χ0) is 23.8. The van der Waals surface area contributed by atoms with Gasteiger partial charge in [-0.25, -0.2) is 4.98 Å². The second-order valence-corrected chi connectivity index (χ2v) is 8.81. The lowest BCUT2D eigenvalue weighted by molar-refractivity contribution is -0.115. The van der Waals surface area contributed by atoms with Crippen LogP contribution in [-0.2, 0) is 17.6 Å². The average Bonchev–Trinajstić information content (AvgIpc) is 3.21. The summed E-state index contributed by atoms with van der Waals surface area (Å²) in [7, 11) is 0. The number of amides is 1. The highest BCUT2D eigenvalue weighted by Gasteiger charge is 2.18. The largest absolute Gasteiger partial charge is 0.508 e. The zero-order valence-corrected chi connectivity index (χ0v) is 19.0. The molecule has 3 N–H and O–H groups in total. The number of hydrogen-bond acceptors (Lipinski definition) is 3. The van der Waals surface area contributed by atoms with Crippen molar-refractivity contribution in [3.63, 3.8) is 0 Å². The highest BCUT2D eigenvalue weighted by Crippen LogP contribution is 2.35. The molecule has 6 rings (SSSR count). The summed E-state index contributed by atoms with van der Waals surface area (Å²) in [6, 6.07) is 31.5. The molecule has 35 heavy (non-hydrogen) atoms. The number of rotatable bonds is 5. The van der Waals surface area contributed by atoms with E-state index in [9.17, 15) is 9.90 Å². The van der Waals surface area contributed by atoms with Gasteiger partial charge in [-0.15, -0.1) is 0 Å². The molecule has 0 fully saturated rings. The normalized spacial score (nSPS) is 11.3. The second-order valence-electron chi connectivity index (χ2n) is 8.81. The maximum Gasteiger partial charge on any atom is 0.229 e. The van der Waals surface area contributed by atoms with E-state index < -0.39 is 0 Å². The molecule has 0 radical (unpaired) electrons. The minimum atomic E-state index is -0.122. The number of phenols is 1. The number of aromatic amines is 1. The number of benzene rings is 4. The number of carbonyl (C=O) groups is 1. The van der Waals surface area contributed by atoms with Crippen molar-refractivity contribution >= 4 is 33.3 Å². The summed E-state index contributed by atoms with van der Waals surface area (Å²) in [5, 5.41) is 17.1. The molecule has 1 aliphatic heterocycles. The van der Waals surface area contributed by atoms with Gasteiger partial charge in [0.15, 0.2) is 5.82 Å². The predicted molar refractivity (Wildman–Crippen MR) is 140 cm³/mol. The van der Waals surface area contributed by atoms with Crippen LogP contribution in [0.1, 0.15) is 16.8 Å². The smallest absolute Gasteiger partial charge is 0.229 e. The summed E-state index contributed by atoms with van der Waals surface area (Å²) in [6.45, 7) is 0. The van der Waals surface area contributed by atoms with E-state index >= 15 is 0 Å². The van der Waals surface area contributed by atoms with Crippen molar-refractivity contribution in [2.24, 2.45) is 0 Å².